The second kappa shape index (κ2) is 5.93. The van der Waals surface area contributed by atoms with Crippen molar-refractivity contribution in [2.45, 2.75) is 18.8 Å². The number of rotatable bonds is 2. The standard InChI is InChI=1S/C16H25N3/c1-18-9-11-19(12-10-18)16-4-2-3-15(13-16)14-5-7-17-8-6-14/h2-4,13-14,17H,5-12H2,1H3. The van der Waals surface area contributed by atoms with E-state index in [4.69, 9.17) is 0 Å². The maximum Gasteiger partial charge on any atom is 0.0369 e. The van der Waals surface area contributed by atoms with Crippen LogP contribution >= 0.6 is 0 Å². The van der Waals surface area contributed by atoms with Gasteiger partial charge in [-0.25, -0.2) is 0 Å². The number of hydrogen-bond acceptors (Lipinski definition) is 3. The van der Waals surface area contributed by atoms with Gasteiger partial charge in [0.05, 0.1) is 0 Å². The van der Waals surface area contributed by atoms with Crippen molar-refractivity contribution in [2.24, 2.45) is 0 Å². The molecule has 2 fully saturated rings. The van der Waals surface area contributed by atoms with Crippen LogP contribution in [0.2, 0.25) is 0 Å². The molecule has 0 aromatic heterocycles. The van der Waals surface area contributed by atoms with Gasteiger partial charge in [-0.15, -0.1) is 0 Å². The number of piperidine rings is 1. The summed E-state index contributed by atoms with van der Waals surface area (Å²) in [5.74, 6) is 0.758. The summed E-state index contributed by atoms with van der Waals surface area (Å²) < 4.78 is 0. The number of benzene rings is 1. The SMILES string of the molecule is CN1CCN(c2cccc(C3CCNCC3)c2)CC1. The maximum atomic E-state index is 3.45. The quantitative estimate of drug-likeness (QED) is 0.875. The Morgan fingerprint density at radius 3 is 2.53 bits per heavy atom. The predicted molar refractivity (Wildman–Crippen MR) is 81.0 cm³/mol. The molecule has 2 aliphatic rings. The molecule has 2 heterocycles. The van der Waals surface area contributed by atoms with Gasteiger partial charge in [-0.2, -0.15) is 0 Å². The molecule has 3 rings (SSSR count). The summed E-state index contributed by atoms with van der Waals surface area (Å²) in [6.07, 6.45) is 2.57. The molecule has 0 atom stereocenters. The van der Waals surface area contributed by atoms with Gasteiger partial charge in [0.25, 0.3) is 0 Å². The van der Waals surface area contributed by atoms with E-state index >= 15 is 0 Å². The van der Waals surface area contributed by atoms with Crippen LogP contribution in [-0.4, -0.2) is 51.2 Å². The van der Waals surface area contributed by atoms with Crippen molar-refractivity contribution in [3.8, 4) is 0 Å². The Labute approximate surface area is 116 Å². The topological polar surface area (TPSA) is 18.5 Å². The molecular weight excluding hydrogens is 234 g/mol. The lowest BCUT2D eigenvalue weighted by Crippen LogP contribution is -2.44. The zero-order chi connectivity index (χ0) is 13.1. The minimum atomic E-state index is 0.758. The summed E-state index contributed by atoms with van der Waals surface area (Å²) in [6.45, 7) is 7.01. The van der Waals surface area contributed by atoms with E-state index in [9.17, 15) is 0 Å². The van der Waals surface area contributed by atoms with Crippen molar-refractivity contribution in [2.75, 3.05) is 51.2 Å². The van der Waals surface area contributed by atoms with E-state index in [2.05, 4.69) is 46.4 Å². The van der Waals surface area contributed by atoms with Crippen LogP contribution in [0.1, 0.15) is 24.3 Å². The third-order valence-corrected chi connectivity index (χ3v) is 4.55. The molecule has 1 aromatic carbocycles. The van der Waals surface area contributed by atoms with E-state index < -0.39 is 0 Å². The molecule has 0 bridgehead atoms. The van der Waals surface area contributed by atoms with Crippen LogP contribution in [0.25, 0.3) is 0 Å². The van der Waals surface area contributed by atoms with Crippen LogP contribution in [0.4, 0.5) is 5.69 Å². The summed E-state index contributed by atoms with van der Waals surface area (Å²) >= 11 is 0. The summed E-state index contributed by atoms with van der Waals surface area (Å²) in [7, 11) is 2.21. The lowest BCUT2D eigenvalue weighted by Gasteiger charge is -2.34. The van der Waals surface area contributed by atoms with Crippen molar-refractivity contribution >= 4 is 5.69 Å². The number of nitrogens with one attached hydrogen (secondary N) is 1. The Balaban J connectivity index is 1.72. The van der Waals surface area contributed by atoms with Gasteiger partial charge >= 0.3 is 0 Å². The van der Waals surface area contributed by atoms with Crippen LogP contribution in [0, 0.1) is 0 Å². The van der Waals surface area contributed by atoms with Gasteiger partial charge in [-0.1, -0.05) is 12.1 Å². The van der Waals surface area contributed by atoms with Crippen LogP contribution in [0.5, 0.6) is 0 Å². The molecule has 2 aliphatic heterocycles. The highest BCUT2D eigenvalue weighted by Crippen LogP contribution is 2.28. The number of nitrogens with zero attached hydrogens (tertiary/aromatic N) is 2. The highest BCUT2D eigenvalue weighted by atomic mass is 15.2. The first-order valence-electron chi connectivity index (χ1n) is 7.57. The van der Waals surface area contributed by atoms with Crippen molar-refractivity contribution in [1.82, 2.24) is 10.2 Å². The molecule has 0 saturated carbocycles. The van der Waals surface area contributed by atoms with Crippen molar-refractivity contribution in [3.63, 3.8) is 0 Å². The summed E-state index contributed by atoms with van der Waals surface area (Å²) in [4.78, 5) is 4.94. The van der Waals surface area contributed by atoms with E-state index in [1.54, 1.807) is 0 Å². The third-order valence-electron chi connectivity index (χ3n) is 4.55. The van der Waals surface area contributed by atoms with E-state index in [1.165, 1.54) is 50.3 Å². The lowest BCUT2D eigenvalue weighted by atomic mass is 9.90. The molecule has 0 unspecified atom stereocenters. The molecule has 0 amide bonds. The van der Waals surface area contributed by atoms with Gasteiger partial charge < -0.3 is 15.1 Å². The lowest BCUT2D eigenvalue weighted by molar-refractivity contribution is 0.313. The van der Waals surface area contributed by atoms with Gasteiger partial charge in [0.2, 0.25) is 0 Å². The minimum absolute atomic E-state index is 0.758. The fourth-order valence-corrected chi connectivity index (χ4v) is 3.20. The van der Waals surface area contributed by atoms with Gasteiger partial charge in [-0.05, 0) is 56.6 Å². The van der Waals surface area contributed by atoms with E-state index in [0.29, 0.717) is 0 Å². The maximum absolute atomic E-state index is 3.45. The van der Waals surface area contributed by atoms with Gasteiger partial charge in [0, 0.05) is 31.9 Å². The van der Waals surface area contributed by atoms with E-state index in [-0.39, 0.29) is 0 Å². The largest absolute Gasteiger partial charge is 0.369 e. The first-order valence-corrected chi connectivity index (χ1v) is 7.57. The van der Waals surface area contributed by atoms with E-state index in [0.717, 1.165) is 19.0 Å². The molecule has 19 heavy (non-hydrogen) atoms. The fourth-order valence-electron chi connectivity index (χ4n) is 3.20. The third kappa shape index (κ3) is 3.10. The Morgan fingerprint density at radius 2 is 1.79 bits per heavy atom. The second-order valence-corrected chi connectivity index (χ2v) is 5.91. The zero-order valence-electron chi connectivity index (χ0n) is 11.9. The van der Waals surface area contributed by atoms with Gasteiger partial charge in [-0.3, -0.25) is 0 Å². The summed E-state index contributed by atoms with van der Waals surface area (Å²) in [5, 5.41) is 3.45. The molecule has 104 valence electrons. The van der Waals surface area contributed by atoms with Crippen LogP contribution in [0.3, 0.4) is 0 Å². The van der Waals surface area contributed by atoms with Gasteiger partial charge in [0.15, 0.2) is 0 Å². The van der Waals surface area contributed by atoms with Crippen LogP contribution in [-0.2, 0) is 0 Å². The summed E-state index contributed by atoms with van der Waals surface area (Å²) in [5.41, 5.74) is 2.96. The van der Waals surface area contributed by atoms with Crippen molar-refractivity contribution in [3.05, 3.63) is 29.8 Å². The molecule has 2 saturated heterocycles. The highest BCUT2D eigenvalue weighted by molar-refractivity contribution is 5.49. The number of hydrogen-bond donors (Lipinski definition) is 1. The van der Waals surface area contributed by atoms with Crippen LogP contribution in [0.15, 0.2) is 24.3 Å². The molecule has 1 N–H and O–H groups in total. The molecule has 3 nitrogen and oxygen atoms in total. The van der Waals surface area contributed by atoms with Crippen molar-refractivity contribution < 1.29 is 0 Å². The molecule has 1 aromatic rings. The highest BCUT2D eigenvalue weighted by Gasteiger charge is 2.18. The fraction of sp³-hybridized carbons (Fsp3) is 0.625. The predicted octanol–water partition coefficient (Wildman–Crippen LogP) is 1.91. The Morgan fingerprint density at radius 1 is 1.05 bits per heavy atom. The molecule has 0 spiro atoms. The number of piperazine rings is 1. The number of likely N-dealkylation sites (N-methyl/N-ethyl adjacent to an activating group) is 1. The molecule has 0 radical (unpaired) electrons. The Bertz CT molecular complexity index is 404. The minimum Gasteiger partial charge on any atom is -0.369 e. The average molecular weight is 259 g/mol. The van der Waals surface area contributed by atoms with Crippen LogP contribution < -0.4 is 10.2 Å². The Kier molecular flexibility index (Phi) is 4.04. The first-order chi connectivity index (χ1) is 9.33. The van der Waals surface area contributed by atoms with Gasteiger partial charge in [0.1, 0.15) is 0 Å². The smallest absolute Gasteiger partial charge is 0.0369 e. The summed E-state index contributed by atoms with van der Waals surface area (Å²) in [6, 6.07) is 9.26. The monoisotopic (exact) mass is 259 g/mol. The Hall–Kier alpha value is -1.06. The van der Waals surface area contributed by atoms with E-state index in [1.807, 2.05) is 0 Å². The normalized spacial score (nSPS) is 22.7. The second-order valence-electron chi connectivity index (χ2n) is 5.91. The molecule has 0 aliphatic carbocycles. The number of anilines is 1. The average Bonchev–Trinajstić information content (AvgIpc) is 2.49. The van der Waals surface area contributed by atoms with Crippen molar-refractivity contribution in [1.29, 1.82) is 0 Å². The molecular formula is C16H25N3. The molecule has 3 heteroatoms. The first kappa shape index (κ1) is 12.9. The zero-order valence-corrected chi connectivity index (χ0v) is 11.9.